The van der Waals surface area contributed by atoms with Crippen LogP contribution in [0.1, 0.15) is 42.7 Å². The maximum atomic E-state index is 12.4. The Balaban J connectivity index is 1.72. The monoisotopic (exact) mass is 333 g/mol. The fraction of sp³-hybridized carbons (Fsp3) is 0.667. The third-order valence-corrected chi connectivity index (χ3v) is 5.62. The molecule has 3 N–H and O–H groups in total. The third-order valence-electron chi connectivity index (χ3n) is 5.62. The molecule has 1 spiro atoms. The highest BCUT2D eigenvalue weighted by atomic mass is 16.3. The van der Waals surface area contributed by atoms with Crippen LogP contribution < -0.4 is 10.9 Å². The van der Waals surface area contributed by atoms with Crippen molar-refractivity contribution >= 4 is 5.91 Å². The Kier molecular flexibility index (Phi) is 4.30. The summed E-state index contributed by atoms with van der Waals surface area (Å²) in [5, 5.41) is 13.3. The predicted octanol–water partition coefficient (Wildman–Crippen LogP) is 0.893. The summed E-state index contributed by atoms with van der Waals surface area (Å²) in [5.41, 5.74) is 0.492. The van der Waals surface area contributed by atoms with Crippen molar-refractivity contribution in [3.63, 3.8) is 0 Å². The highest BCUT2D eigenvalue weighted by Crippen LogP contribution is 2.52. The number of aromatic nitrogens is 1. The van der Waals surface area contributed by atoms with Crippen molar-refractivity contribution in [3.05, 3.63) is 33.7 Å². The largest absolute Gasteiger partial charge is 0.391 e. The van der Waals surface area contributed by atoms with Crippen molar-refractivity contribution in [2.75, 3.05) is 13.6 Å². The van der Waals surface area contributed by atoms with E-state index < -0.39 is 17.6 Å². The van der Waals surface area contributed by atoms with Crippen molar-refractivity contribution in [1.29, 1.82) is 0 Å². The van der Waals surface area contributed by atoms with Crippen LogP contribution in [0.5, 0.6) is 0 Å². The van der Waals surface area contributed by atoms with Crippen LogP contribution >= 0.6 is 0 Å². The number of aliphatic hydroxyl groups is 1. The van der Waals surface area contributed by atoms with Crippen LogP contribution in [-0.2, 0) is 0 Å². The van der Waals surface area contributed by atoms with Gasteiger partial charge in [-0.3, -0.25) is 9.59 Å². The zero-order valence-electron chi connectivity index (χ0n) is 14.8. The number of amides is 1. The van der Waals surface area contributed by atoms with Gasteiger partial charge >= 0.3 is 0 Å². The number of aliphatic hydroxyl groups excluding tert-OH is 1. The molecule has 2 aliphatic rings. The van der Waals surface area contributed by atoms with Gasteiger partial charge in [0.2, 0.25) is 0 Å². The number of pyridine rings is 1. The number of hydrogen-bond acceptors (Lipinski definition) is 4. The molecule has 1 saturated heterocycles. The van der Waals surface area contributed by atoms with Gasteiger partial charge in [0.15, 0.2) is 0 Å². The first kappa shape index (κ1) is 17.2. The number of aryl methyl sites for hydroxylation is 1. The number of carbonyl (C=O) groups excluding carboxylic acids is 1. The first-order valence-corrected chi connectivity index (χ1v) is 8.62. The number of aromatic amines is 1. The lowest BCUT2D eigenvalue weighted by Gasteiger charge is -2.57. The van der Waals surface area contributed by atoms with E-state index in [1.165, 1.54) is 6.07 Å². The summed E-state index contributed by atoms with van der Waals surface area (Å²) in [4.78, 5) is 29.3. The lowest BCUT2D eigenvalue weighted by atomic mass is 9.66. The highest BCUT2D eigenvalue weighted by Gasteiger charge is 2.58. The molecule has 0 aromatic carbocycles. The summed E-state index contributed by atoms with van der Waals surface area (Å²) in [5.74, 6) is 0.0940. The average Bonchev–Trinajstić information content (AvgIpc) is 2.75. The summed E-state index contributed by atoms with van der Waals surface area (Å²) in [6.07, 6.45) is 0.903. The van der Waals surface area contributed by atoms with Gasteiger partial charge in [0, 0.05) is 23.7 Å². The molecular formula is C18H27N3O3. The van der Waals surface area contributed by atoms with Crippen molar-refractivity contribution < 1.29 is 9.90 Å². The van der Waals surface area contributed by atoms with E-state index in [0.29, 0.717) is 24.1 Å². The van der Waals surface area contributed by atoms with Crippen molar-refractivity contribution in [2.45, 2.75) is 51.8 Å². The van der Waals surface area contributed by atoms with Crippen LogP contribution in [-0.4, -0.2) is 52.7 Å². The number of H-pyrrole nitrogens is 1. The molecule has 2 heterocycles. The molecule has 4 atom stereocenters. The lowest BCUT2D eigenvalue weighted by Crippen LogP contribution is -2.64. The minimum Gasteiger partial charge on any atom is -0.391 e. The van der Waals surface area contributed by atoms with Crippen LogP contribution in [0.4, 0.5) is 0 Å². The van der Waals surface area contributed by atoms with Gasteiger partial charge in [-0.05, 0) is 44.9 Å². The van der Waals surface area contributed by atoms with Gasteiger partial charge in [-0.25, -0.2) is 0 Å². The number of carbonyl (C=O) groups is 1. The Labute approximate surface area is 142 Å². The van der Waals surface area contributed by atoms with E-state index in [2.05, 4.69) is 36.1 Å². The van der Waals surface area contributed by atoms with E-state index in [0.717, 1.165) is 13.0 Å². The van der Waals surface area contributed by atoms with E-state index in [-0.39, 0.29) is 17.0 Å². The van der Waals surface area contributed by atoms with Crippen molar-refractivity contribution in [2.24, 2.45) is 11.3 Å². The lowest BCUT2D eigenvalue weighted by molar-refractivity contribution is -0.0827. The van der Waals surface area contributed by atoms with Crippen LogP contribution in [0.2, 0.25) is 0 Å². The molecule has 2 unspecified atom stereocenters. The third kappa shape index (κ3) is 2.78. The summed E-state index contributed by atoms with van der Waals surface area (Å²) < 4.78 is 0. The number of likely N-dealkylation sites (tertiary alicyclic amines) is 1. The molecular weight excluding hydrogens is 306 g/mol. The first-order valence-electron chi connectivity index (χ1n) is 8.62. The highest BCUT2D eigenvalue weighted by molar-refractivity contribution is 5.94. The molecule has 2 fully saturated rings. The van der Waals surface area contributed by atoms with Crippen LogP contribution in [0.15, 0.2) is 16.9 Å². The van der Waals surface area contributed by atoms with Gasteiger partial charge in [0.25, 0.3) is 11.5 Å². The Morgan fingerprint density at radius 2 is 2.12 bits per heavy atom. The minimum absolute atomic E-state index is 0.0694. The molecule has 1 aliphatic heterocycles. The Morgan fingerprint density at radius 1 is 1.42 bits per heavy atom. The molecule has 1 amide bonds. The van der Waals surface area contributed by atoms with Crippen molar-refractivity contribution in [1.82, 2.24) is 15.2 Å². The van der Waals surface area contributed by atoms with Gasteiger partial charge in [0.1, 0.15) is 5.56 Å². The van der Waals surface area contributed by atoms with E-state index in [9.17, 15) is 14.7 Å². The maximum absolute atomic E-state index is 12.4. The first-order chi connectivity index (χ1) is 11.2. The number of nitrogens with zero attached hydrogens (tertiary/aromatic N) is 1. The van der Waals surface area contributed by atoms with E-state index in [1.807, 2.05) is 0 Å². The normalized spacial score (nSPS) is 33.0. The molecule has 0 radical (unpaired) electrons. The summed E-state index contributed by atoms with van der Waals surface area (Å²) in [6, 6.07) is 3.37. The second kappa shape index (κ2) is 6.01. The van der Waals surface area contributed by atoms with Gasteiger partial charge < -0.3 is 20.3 Å². The van der Waals surface area contributed by atoms with Crippen LogP contribution in [0.3, 0.4) is 0 Å². The topological polar surface area (TPSA) is 85.4 Å². The summed E-state index contributed by atoms with van der Waals surface area (Å²) >= 11 is 0. The molecule has 3 rings (SSSR count). The molecule has 1 aromatic heterocycles. The van der Waals surface area contributed by atoms with Gasteiger partial charge in [-0.15, -0.1) is 0 Å². The molecule has 6 nitrogen and oxygen atoms in total. The average molecular weight is 333 g/mol. The Bertz CT molecular complexity index is 694. The second-order valence-corrected chi connectivity index (χ2v) is 7.91. The van der Waals surface area contributed by atoms with Gasteiger partial charge in [-0.1, -0.05) is 13.8 Å². The zero-order chi connectivity index (χ0) is 17.6. The summed E-state index contributed by atoms with van der Waals surface area (Å²) in [6.45, 7) is 7.12. The Morgan fingerprint density at radius 3 is 2.71 bits per heavy atom. The fourth-order valence-electron chi connectivity index (χ4n) is 4.99. The molecule has 1 aliphatic carbocycles. The maximum Gasteiger partial charge on any atom is 0.260 e. The predicted molar refractivity (Wildman–Crippen MR) is 92.0 cm³/mol. The van der Waals surface area contributed by atoms with E-state index >= 15 is 0 Å². The molecule has 6 heteroatoms. The number of rotatable bonds is 3. The SMILES string of the molecule is Cc1ccc(C(=O)N[C@@H]2CC3(C[C@H]2O)CN(C)C3C(C)C)c(=O)[nH]1. The standard InChI is InChI=1S/C18H27N3O3/c1-10(2)15-18(9-21(15)4)7-13(14(22)8-18)20-17(24)12-6-5-11(3)19-16(12)23/h5-6,10,13-15,22H,7-9H2,1-4H3,(H,19,23)(H,20,24)/t13-,14-,15?,18?/m1/s1. The zero-order valence-corrected chi connectivity index (χ0v) is 14.8. The second-order valence-electron chi connectivity index (χ2n) is 7.91. The van der Waals surface area contributed by atoms with Crippen molar-refractivity contribution in [3.8, 4) is 0 Å². The smallest absolute Gasteiger partial charge is 0.260 e. The van der Waals surface area contributed by atoms with Gasteiger partial charge in [-0.2, -0.15) is 0 Å². The summed E-state index contributed by atoms with van der Waals surface area (Å²) in [7, 11) is 2.11. The minimum atomic E-state index is -0.562. The van der Waals surface area contributed by atoms with Crippen LogP contribution in [0.25, 0.3) is 0 Å². The molecule has 24 heavy (non-hydrogen) atoms. The quantitative estimate of drug-likeness (QED) is 0.767. The van der Waals surface area contributed by atoms with E-state index in [1.54, 1.807) is 13.0 Å². The number of nitrogens with one attached hydrogen (secondary N) is 2. The molecule has 132 valence electrons. The fourth-order valence-corrected chi connectivity index (χ4v) is 4.99. The van der Waals surface area contributed by atoms with Gasteiger partial charge in [0.05, 0.1) is 12.1 Å². The molecule has 0 bridgehead atoms. The molecule has 1 aromatic rings. The number of hydrogen-bond donors (Lipinski definition) is 3. The molecule has 1 saturated carbocycles. The van der Waals surface area contributed by atoms with Crippen LogP contribution in [0, 0.1) is 18.3 Å². The van der Waals surface area contributed by atoms with E-state index in [4.69, 9.17) is 0 Å². The Hall–Kier alpha value is -1.66.